The SMILES string of the molecule is COC(=O)c1ccc(Cl)c(N(CCC(=O)Nc2ccccc2)C(C)=O)c1. The third-order valence-corrected chi connectivity index (χ3v) is 3.98. The summed E-state index contributed by atoms with van der Waals surface area (Å²) in [5.41, 5.74) is 1.30. The zero-order chi connectivity index (χ0) is 19.1. The van der Waals surface area contributed by atoms with Crippen LogP contribution in [0.2, 0.25) is 5.02 Å². The quantitative estimate of drug-likeness (QED) is 0.785. The van der Waals surface area contributed by atoms with E-state index in [-0.39, 0.29) is 30.3 Å². The number of benzene rings is 2. The number of carbonyl (C=O) groups is 3. The number of hydrogen-bond acceptors (Lipinski definition) is 4. The first-order valence-corrected chi connectivity index (χ1v) is 8.31. The predicted octanol–water partition coefficient (Wildman–Crippen LogP) is 3.51. The number of hydrogen-bond donors (Lipinski definition) is 1. The van der Waals surface area contributed by atoms with Crippen molar-refractivity contribution in [3.05, 3.63) is 59.1 Å². The molecule has 7 heteroatoms. The molecule has 0 aromatic heterocycles. The predicted molar refractivity (Wildman–Crippen MR) is 101 cm³/mol. The Balaban J connectivity index is 2.13. The second-order valence-electron chi connectivity index (χ2n) is 5.49. The molecule has 0 aliphatic heterocycles. The van der Waals surface area contributed by atoms with Crippen molar-refractivity contribution in [1.82, 2.24) is 0 Å². The van der Waals surface area contributed by atoms with Crippen LogP contribution in [0.4, 0.5) is 11.4 Å². The van der Waals surface area contributed by atoms with Gasteiger partial charge < -0.3 is 15.0 Å². The normalized spacial score (nSPS) is 10.1. The Labute approximate surface area is 156 Å². The summed E-state index contributed by atoms with van der Waals surface area (Å²) >= 11 is 6.18. The van der Waals surface area contributed by atoms with Crippen LogP contribution in [0.15, 0.2) is 48.5 Å². The van der Waals surface area contributed by atoms with Crippen molar-refractivity contribution in [2.45, 2.75) is 13.3 Å². The number of para-hydroxylation sites is 1. The second-order valence-corrected chi connectivity index (χ2v) is 5.90. The average molecular weight is 375 g/mol. The van der Waals surface area contributed by atoms with Crippen molar-refractivity contribution < 1.29 is 19.1 Å². The second kappa shape index (κ2) is 9.01. The van der Waals surface area contributed by atoms with E-state index in [2.05, 4.69) is 10.1 Å². The number of ether oxygens (including phenoxy) is 1. The highest BCUT2D eigenvalue weighted by Crippen LogP contribution is 2.28. The lowest BCUT2D eigenvalue weighted by atomic mass is 10.1. The minimum absolute atomic E-state index is 0.0766. The Morgan fingerprint density at radius 2 is 1.81 bits per heavy atom. The van der Waals surface area contributed by atoms with E-state index in [1.165, 1.54) is 37.1 Å². The van der Waals surface area contributed by atoms with Crippen molar-refractivity contribution >= 4 is 40.8 Å². The van der Waals surface area contributed by atoms with E-state index in [9.17, 15) is 14.4 Å². The molecule has 0 saturated heterocycles. The molecule has 0 aliphatic rings. The van der Waals surface area contributed by atoms with Gasteiger partial charge in [-0.25, -0.2) is 4.79 Å². The molecule has 0 atom stereocenters. The number of carbonyl (C=O) groups excluding carboxylic acids is 3. The molecule has 0 unspecified atom stereocenters. The summed E-state index contributed by atoms with van der Waals surface area (Å²) in [5, 5.41) is 3.06. The maximum absolute atomic E-state index is 12.1. The first-order chi connectivity index (χ1) is 12.4. The molecule has 0 saturated carbocycles. The van der Waals surface area contributed by atoms with Gasteiger partial charge in [0.05, 0.1) is 23.4 Å². The lowest BCUT2D eigenvalue weighted by Gasteiger charge is -2.22. The number of nitrogens with zero attached hydrogens (tertiary/aromatic N) is 1. The third kappa shape index (κ3) is 5.07. The van der Waals surface area contributed by atoms with Gasteiger partial charge in [-0.15, -0.1) is 0 Å². The Morgan fingerprint density at radius 3 is 2.42 bits per heavy atom. The van der Waals surface area contributed by atoms with Crippen molar-refractivity contribution in [3.8, 4) is 0 Å². The lowest BCUT2D eigenvalue weighted by Crippen LogP contribution is -2.32. The standard InChI is InChI=1S/C19H19ClN2O4/c1-13(23)22(11-10-18(24)21-15-6-4-3-5-7-15)17-12-14(19(25)26-2)8-9-16(17)20/h3-9,12H,10-11H2,1-2H3,(H,21,24). The van der Waals surface area contributed by atoms with Crippen LogP contribution in [-0.2, 0) is 14.3 Å². The monoisotopic (exact) mass is 374 g/mol. The first-order valence-electron chi connectivity index (χ1n) is 7.93. The van der Waals surface area contributed by atoms with E-state index in [1.54, 1.807) is 12.1 Å². The number of esters is 1. The number of halogens is 1. The number of nitrogens with one attached hydrogen (secondary N) is 1. The van der Waals surface area contributed by atoms with Gasteiger partial charge in [-0.2, -0.15) is 0 Å². The highest BCUT2D eigenvalue weighted by molar-refractivity contribution is 6.34. The van der Waals surface area contributed by atoms with Gasteiger partial charge in [-0.05, 0) is 30.3 Å². The van der Waals surface area contributed by atoms with Crippen molar-refractivity contribution in [1.29, 1.82) is 0 Å². The Hall–Kier alpha value is -2.86. The van der Waals surface area contributed by atoms with Crippen LogP contribution in [-0.4, -0.2) is 31.4 Å². The minimum Gasteiger partial charge on any atom is -0.465 e. The van der Waals surface area contributed by atoms with Crippen molar-refractivity contribution in [2.75, 3.05) is 23.9 Å². The molecule has 2 amide bonds. The van der Waals surface area contributed by atoms with Gasteiger partial charge in [-0.1, -0.05) is 29.8 Å². The molecule has 6 nitrogen and oxygen atoms in total. The van der Waals surface area contributed by atoms with Crippen LogP contribution in [0, 0.1) is 0 Å². The molecule has 136 valence electrons. The molecule has 0 bridgehead atoms. The fourth-order valence-electron chi connectivity index (χ4n) is 2.37. The molecule has 26 heavy (non-hydrogen) atoms. The Kier molecular flexibility index (Phi) is 6.74. The van der Waals surface area contributed by atoms with Crippen molar-refractivity contribution in [2.24, 2.45) is 0 Å². The first kappa shape index (κ1) is 19.5. The smallest absolute Gasteiger partial charge is 0.337 e. The molecule has 0 fully saturated rings. The number of methoxy groups -OCH3 is 1. The van der Waals surface area contributed by atoms with Crippen LogP contribution in [0.5, 0.6) is 0 Å². The van der Waals surface area contributed by atoms with E-state index < -0.39 is 5.97 Å². The molecular weight excluding hydrogens is 356 g/mol. The van der Waals surface area contributed by atoms with Crippen LogP contribution in [0.3, 0.4) is 0 Å². The fraction of sp³-hybridized carbons (Fsp3) is 0.211. The average Bonchev–Trinajstić information content (AvgIpc) is 2.63. The van der Waals surface area contributed by atoms with E-state index in [0.29, 0.717) is 16.4 Å². The molecule has 0 radical (unpaired) electrons. The maximum Gasteiger partial charge on any atom is 0.337 e. The van der Waals surface area contributed by atoms with E-state index in [4.69, 9.17) is 11.6 Å². The summed E-state index contributed by atoms with van der Waals surface area (Å²) in [5.74, 6) is -1.06. The zero-order valence-electron chi connectivity index (χ0n) is 14.5. The van der Waals surface area contributed by atoms with Gasteiger partial charge in [0.15, 0.2) is 0 Å². The molecule has 1 N–H and O–H groups in total. The van der Waals surface area contributed by atoms with Crippen LogP contribution in [0.25, 0.3) is 0 Å². The Bertz CT molecular complexity index is 808. The van der Waals surface area contributed by atoms with Gasteiger partial charge in [0, 0.05) is 25.6 Å². The van der Waals surface area contributed by atoms with Crippen molar-refractivity contribution in [3.63, 3.8) is 0 Å². The van der Waals surface area contributed by atoms with Gasteiger partial charge in [0.1, 0.15) is 0 Å². The maximum atomic E-state index is 12.1. The Morgan fingerprint density at radius 1 is 1.12 bits per heavy atom. The summed E-state index contributed by atoms with van der Waals surface area (Å²) in [6.07, 6.45) is 0.0766. The van der Waals surface area contributed by atoms with E-state index in [1.807, 2.05) is 18.2 Å². The number of amides is 2. The molecule has 0 aliphatic carbocycles. The molecule has 2 aromatic rings. The van der Waals surface area contributed by atoms with Gasteiger partial charge in [0.25, 0.3) is 0 Å². The summed E-state index contributed by atoms with van der Waals surface area (Å²) in [6, 6.07) is 13.5. The molecule has 0 heterocycles. The molecular formula is C19H19ClN2O4. The van der Waals surface area contributed by atoms with Gasteiger partial charge in [-0.3, -0.25) is 9.59 Å². The number of anilines is 2. The molecule has 2 rings (SSSR count). The van der Waals surface area contributed by atoms with Gasteiger partial charge in [0.2, 0.25) is 11.8 Å². The van der Waals surface area contributed by atoms with Crippen LogP contribution in [0.1, 0.15) is 23.7 Å². The van der Waals surface area contributed by atoms with E-state index in [0.717, 1.165) is 0 Å². The van der Waals surface area contributed by atoms with Crippen LogP contribution >= 0.6 is 11.6 Å². The zero-order valence-corrected chi connectivity index (χ0v) is 15.2. The third-order valence-electron chi connectivity index (χ3n) is 3.66. The highest BCUT2D eigenvalue weighted by atomic mass is 35.5. The van der Waals surface area contributed by atoms with E-state index >= 15 is 0 Å². The van der Waals surface area contributed by atoms with Gasteiger partial charge >= 0.3 is 5.97 Å². The summed E-state index contributed by atoms with van der Waals surface area (Å²) < 4.78 is 4.69. The lowest BCUT2D eigenvalue weighted by molar-refractivity contribution is -0.117. The highest BCUT2D eigenvalue weighted by Gasteiger charge is 2.18. The molecule has 0 spiro atoms. The minimum atomic E-state index is -0.534. The topological polar surface area (TPSA) is 75.7 Å². The molecule has 2 aromatic carbocycles. The summed E-state index contributed by atoms with van der Waals surface area (Å²) in [7, 11) is 1.27. The fourth-order valence-corrected chi connectivity index (χ4v) is 2.59. The summed E-state index contributed by atoms with van der Waals surface area (Å²) in [4.78, 5) is 37.2. The number of rotatable bonds is 6. The van der Waals surface area contributed by atoms with Crippen LogP contribution < -0.4 is 10.2 Å². The summed E-state index contributed by atoms with van der Waals surface area (Å²) in [6.45, 7) is 1.49. The largest absolute Gasteiger partial charge is 0.465 e.